The average molecular weight is 1160 g/mol. The zero-order valence-electron chi connectivity index (χ0n) is 41.6. The Kier molecular flexibility index (Phi) is 17.1. The number of aliphatic hydroxyl groups is 3. The molecule has 5 atom stereocenters. The molecule has 0 fully saturated rings. The molecule has 1 aliphatic heterocycles. The highest BCUT2D eigenvalue weighted by Crippen LogP contribution is 2.38. The van der Waals surface area contributed by atoms with Crippen molar-refractivity contribution in [3.8, 4) is 43.4 Å². The molecule has 0 aliphatic carbocycles. The molecule has 400 valence electrons. The van der Waals surface area contributed by atoms with Crippen LogP contribution in [0.5, 0.6) is 0 Å². The van der Waals surface area contributed by atoms with Crippen LogP contribution in [-0.4, -0.2) is 122 Å². The van der Waals surface area contributed by atoms with Crippen LogP contribution in [0.1, 0.15) is 118 Å². The molecule has 1 aliphatic rings. The van der Waals surface area contributed by atoms with Gasteiger partial charge in [0.1, 0.15) is 99.5 Å². The highest BCUT2D eigenvalue weighted by Gasteiger charge is 2.35. The number of carbonyl (C=O) groups excluding carboxylic acids is 7. The smallest absolute Gasteiger partial charge is 0.275 e. The number of rotatable bonds is 10. The van der Waals surface area contributed by atoms with Gasteiger partial charge in [-0.15, -0.1) is 68.0 Å². The van der Waals surface area contributed by atoms with E-state index < -0.39 is 71.4 Å². The maximum Gasteiger partial charge on any atom is 0.275 e. The number of pyridine rings is 1. The molecule has 7 aromatic rings. The van der Waals surface area contributed by atoms with Gasteiger partial charge >= 0.3 is 0 Å². The van der Waals surface area contributed by atoms with E-state index in [2.05, 4.69) is 51.8 Å². The summed E-state index contributed by atoms with van der Waals surface area (Å²) < 4.78 is 0. The normalized spacial score (nSPS) is 18.1. The molecule has 7 aromatic heterocycles. The molecule has 29 heteroatoms. The van der Waals surface area contributed by atoms with E-state index in [0.29, 0.717) is 37.7 Å². The van der Waals surface area contributed by atoms with E-state index in [1.807, 2.05) is 0 Å². The molecule has 0 spiro atoms. The van der Waals surface area contributed by atoms with Crippen LogP contribution in [0.2, 0.25) is 0 Å². The van der Waals surface area contributed by atoms with E-state index in [4.69, 9.17) is 15.0 Å². The first-order valence-electron chi connectivity index (χ1n) is 23.1. The number of aromatic nitrogens is 7. The zero-order chi connectivity index (χ0) is 55.5. The van der Waals surface area contributed by atoms with Gasteiger partial charge in [0, 0.05) is 37.8 Å². The maximum absolute atomic E-state index is 13.9. The molecule has 5 unspecified atom stereocenters. The number of nitrogens with zero attached hydrogens (tertiary/aromatic N) is 7. The molecular weight excluding hydrogens is 1110 g/mol. The lowest BCUT2D eigenvalue weighted by atomic mass is 9.99. The molecule has 0 aromatic carbocycles. The molecule has 0 saturated carbocycles. The van der Waals surface area contributed by atoms with Gasteiger partial charge in [-0.1, -0.05) is 12.2 Å². The third-order valence-corrected chi connectivity index (χ3v) is 16.5. The van der Waals surface area contributed by atoms with Crippen molar-refractivity contribution in [1.82, 2.24) is 66.8 Å². The van der Waals surface area contributed by atoms with Crippen LogP contribution in [-0.2, 0) is 14.4 Å². The number of ketones is 1. The van der Waals surface area contributed by atoms with Crippen molar-refractivity contribution in [2.75, 3.05) is 6.54 Å². The summed E-state index contributed by atoms with van der Waals surface area (Å²) in [6, 6.07) is -0.270. The van der Waals surface area contributed by atoms with Crippen molar-refractivity contribution in [2.45, 2.75) is 84.4 Å². The Bertz CT molecular complexity index is 3490. The van der Waals surface area contributed by atoms with Crippen LogP contribution in [0, 0.1) is 0 Å². The van der Waals surface area contributed by atoms with Gasteiger partial charge in [-0.25, -0.2) is 34.9 Å². The van der Waals surface area contributed by atoms with Crippen LogP contribution >= 0.6 is 68.0 Å². The van der Waals surface area contributed by atoms with E-state index in [9.17, 15) is 48.9 Å². The number of fused-ring (bicyclic) bond motifs is 11. The van der Waals surface area contributed by atoms with Gasteiger partial charge in [0.25, 0.3) is 29.5 Å². The Hall–Kier alpha value is -7.22. The van der Waals surface area contributed by atoms with E-state index in [-0.39, 0.29) is 67.2 Å². The van der Waals surface area contributed by atoms with Crippen molar-refractivity contribution in [3.05, 3.63) is 100 Å². The first-order chi connectivity index (χ1) is 36.6. The van der Waals surface area contributed by atoms with E-state index in [1.165, 1.54) is 79.6 Å². The Morgan fingerprint density at radius 2 is 1.21 bits per heavy atom. The summed E-state index contributed by atoms with van der Waals surface area (Å²) in [5.41, 5.74) is 0.133. The fourth-order valence-corrected chi connectivity index (χ4v) is 12.4. The highest BCUT2D eigenvalue weighted by atomic mass is 32.1. The van der Waals surface area contributed by atoms with Crippen molar-refractivity contribution in [2.24, 2.45) is 0 Å². The minimum atomic E-state index is -1.60. The Morgan fingerprint density at radius 1 is 0.662 bits per heavy atom. The third kappa shape index (κ3) is 12.8. The van der Waals surface area contributed by atoms with Crippen LogP contribution in [0.15, 0.2) is 62.3 Å². The Labute approximate surface area is 462 Å². The number of Topliss-reactive ketones (excluding diaryl/α,β-unsaturated/α-hetero) is 1. The number of amides is 6. The first-order valence-corrected chi connectivity index (χ1v) is 28.4. The fourth-order valence-electron chi connectivity index (χ4n) is 7.17. The number of thiazole rings is 6. The number of allylic oxidation sites excluding steroid dienone is 2. The number of hydrogen-bond donors (Lipinski definition) is 9. The molecule has 9 N–H and O–H groups in total. The summed E-state index contributed by atoms with van der Waals surface area (Å²) in [5, 5.41) is 60.1. The largest absolute Gasteiger partial charge is 0.391 e. The second kappa shape index (κ2) is 23.6. The van der Waals surface area contributed by atoms with Gasteiger partial charge in [0.15, 0.2) is 0 Å². The summed E-state index contributed by atoms with van der Waals surface area (Å²) in [4.78, 5) is 125. The van der Waals surface area contributed by atoms with Crippen molar-refractivity contribution in [3.63, 3.8) is 0 Å². The molecule has 0 radical (unpaired) electrons. The summed E-state index contributed by atoms with van der Waals surface area (Å²) >= 11 is 6.64. The molecular formula is C48H47N13O10S6. The van der Waals surface area contributed by atoms with Gasteiger partial charge in [-0.3, -0.25) is 33.6 Å². The Balaban J connectivity index is 1.15. The SMILES string of the molecule is C/C=C1\NC(=O)C(C(C)O)NC(=O)c2csc(n2)-c2ccc(-c3nc(-c4nc(C(=O)N/C(=C/C)C(=O)NCC(C)=O)cs4)cs3)nc2-c2csc(n2)C(C(C)O)NC(=O)c2csc(n2)C(C(C)(C)O)NC(=O)c2csc1n2. The van der Waals surface area contributed by atoms with E-state index >= 15 is 0 Å². The topological polar surface area (TPSA) is 343 Å². The van der Waals surface area contributed by atoms with E-state index in [1.54, 1.807) is 36.7 Å². The second-order valence-electron chi connectivity index (χ2n) is 17.6. The molecule has 77 heavy (non-hydrogen) atoms. The second-order valence-corrected chi connectivity index (χ2v) is 22.8. The quantitative estimate of drug-likeness (QED) is 0.0823. The van der Waals surface area contributed by atoms with Gasteiger partial charge in [0.2, 0.25) is 5.91 Å². The molecule has 23 nitrogen and oxygen atoms in total. The lowest BCUT2D eigenvalue weighted by molar-refractivity contribution is -0.124. The van der Waals surface area contributed by atoms with Crippen LogP contribution in [0.3, 0.4) is 0 Å². The van der Waals surface area contributed by atoms with Gasteiger partial charge in [-0.2, -0.15) is 0 Å². The van der Waals surface area contributed by atoms with Crippen LogP contribution in [0.25, 0.3) is 49.1 Å². The summed E-state index contributed by atoms with van der Waals surface area (Å²) in [6.45, 7) is 10.0. The summed E-state index contributed by atoms with van der Waals surface area (Å²) in [6.07, 6.45) is 0.364. The van der Waals surface area contributed by atoms with Crippen molar-refractivity contribution < 1.29 is 48.9 Å². The molecule has 8 bridgehead atoms. The van der Waals surface area contributed by atoms with Crippen molar-refractivity contribution >= 4 is 115 Å². The lowest BCUT2D eigenvalue weighted by Crippen LogP contribution is -2.52. The summed E-state index contributed by atoms with van der Waals surface area (Å²) in [5.74, 6) is -4.50. The minimum absolute atomic E-state index is 0.0221. The van der Waals surface area contributed by atoms with Gasteiger partial charge in [-0.05, 0) is 60.6 Å². The lowest BCUT2D eigenvalue weighted by Gasteiger charge is -2.28. The molecule has 0 saturated heterocycles. The molecule has 8 rings (SSSR count). The van der Waals surface area contributed by atoms with Gasteiger partial charge < -0.3 is 47.2 Å². The maximum atomic E-state index is 13.9. The zero-order valence-corrected chi connectivity index (χ0v) is 46.5. The first kappa shape index (κ1) is 56.0. The highest BCUT2D eigenvalue weighted by molar-refractivity contribution is 7.15. The van der Waals surface area contributed by atoms with E-state index in [0.717, 1.165) is 56.7 Å². The monoisotopic (exact) mass is 1160 g/mol. The fraction of sp³-hybridized carbons (Fsp3) is 0.292. The Morgan fingerprint density at radius 3 is 1.87 bits per heavy atom. The number of hydrogen-bond acceptors (Lipinski definition) is 23. The number of aliphatic hydroxyl groups excluding tert-OH is 2. The summed E-state index contributed by atoms with van der Waals surface area (Å²) in [7, 11) is 0. The minimum Gasteiger partial charge on any atom is -0.391 e. The van der Waals surface area contributed by atoms with Crippen molar-refractivity contribution in [1.29, 1.82) is 0 Å². The average Bonchev–Trinajstić information content (AvgIpc) is 4.29. The third-order valence-electron chi connectivity index (χ3n) is 11.2. The predicted octanol–water partition coefficient (Wildman–Crippen LogP) is 4.89. The number of nitrogens with one attached hydrogen (secondary N) is 6. The molecule has 6 amide bonds. The standard InChI is InChI=1S/C48H47N13O10S6/c1-8-23(36(65)49-12-19(3)62)51-37(66)27-15-74-45(56-27)31-18-75-44(58-31)25-11-10-22-34(50-25)26-13-76-46(53-26)33(21(5)64)60-39(68)29-17-77-47(57-29)35(48(6,7)71)61-40(69)30-16-73-43(55-30)24(9-2)52-41(70)32(20(4)63)59-38(67)28-14-72-42(22)54-28/h8-11,13-18,20-21,32-33,35,63-64,71H,12H2,1-7H3,(H,49,65)(H,51,66)(H,52,70)(H,59,67)(H,60,68)(H,61,69)/b23-8+,24-9-. The van der Waals surface area contributed by atoms with Crippen LogP contribution in [0.4, 0.5) is 0 Å². The molecule has 8 heterocycles. The predicted molar refractivity (Wildman–Crippen MR) is 291 cm³/mol. The van der Waals surface area contributed by atoms with Gasteiger partial charge in [0.05, 0.1) is 35.7 Å². The number of carbonyl (C=O) groups is 7. The van der Waals surface area contributed by atoms with Crippen LogP contribution < -0.4 is 31.9 Å².